The molecular formula is C19H20ClNO3. The molecule has 1 N–H and O–H groups in total. The van der Waals surface area contributed by atoms with Crippen molar-refractivity contribution in [1.82, 2.24) is 5.32 Å². The van der Waals surface area contributed by atoms with Gasteiger partial charge in [0.25, 0.3) is 0 Å². The summed E-state index contributed by atoms with van der Waals surface area (Å²) in [6.07, 6.45) is 1.27. The van der Waals surface area contributed by atoms with E-state index in [0.29, 0.717) is 24.3 Å². The third-order valence-corrected chi connectivity index (χ3v) is 3.87. The minimum atomic E-state index is -0.725. The van der Waals surface area contributed by atoms with Crippen molar-refractivity contribution >= 4 is 23.5 Å². The SMILES string of the molecule is COC(=O)[C@@H](Cc1cccc(Cl)c1)NC(=O)CCc1ccccc1. The lowest BCUT2D eigenvalue weighted by Crippen LogP contribution is -2.43. The Morgan fingerprint density at radius 3 is 2.46 bits per heavy atom. The van der Waals surface area contributed by atoms with Crippen LogP contribution in [0.2, 0.25) is 5.02 Å². The van der Waals surface area contributed by atoms with Gasteiger partial charge in [-0.25, -0.2) is 4.79 Å². The predicted molar refractivity (Wildman–Crippen MR) is 93.9 cm³/mol. The van der Waals surface area contributed by atoms with Gasteiger partial charge in [-0.1, -0.05) is 54.1 Å². The average molecular weight is 346 g/mol. The zero-order valence-corrected chi connectivity index (χ0v) is 14.3. The van der Waals surface area contributed by atoms with E-state index in [-0.39, 0.29) is 5.91 Å². The molecule has 24 heavy (non-hydrogen) atoms. The second-order valence-corrected chi connectivity index (χ2v) is 5.90. The maximum Gasteiger partial charge on any atom is 0.328 e. The van der Waals surface area contributed by atoms with Gasteiger partial charge >= 0.3 is 5.97 Å². The van der Waals surface area contributed by atoms with Gasteiger partial charge in [0, 0.05) is 17.9 Å². The molecule has 0 spiro atoms. The first-order valence-corrected chi connectivity index (χ1v) is 8.12. The van der Waals surface area contributed by atoms with E-state index >= 15 is 0 Å². The number of amides is 1. The van der Waals surface area contributed by atoms with Crippen LogP contribution < -0.4 is 5.32 Å². The predicted octanol–water partition coefficient (Wildman–Crippen LogP) is 3.17. The Morgan fingerprint density at radius 2 is 1.79 bits per heavy atom. The maximum atomic E-state index is 12.2. The Bertz CT molecular complexity index is 688. The Balaban J connectivity index is 1.95. The number of hydrogen-bond acceptors (Lipinski definition) is 3. The van der Waals surface area contributed by atoms with Gasteiger partial charge in [0.2, 0.25) is 5.91 Å². The van der Waals surface area contributed by atoms with Crippen molar-refractivity contribution in [2.45, 2.75) is 25.3 Å². The van der Waals surface area contributed by atoms with Gasteiger partial charge in [0.05, 0.1) is 7.11 Å². The van der Waals surface area contributed by atoms with Crippen molar-refractivity contribution in [3.63, 3.8) is 0 Å². The highest BCUT2D eigenvalue weighted by Gasteiger charge is 2.21. The van der Waals surface area contributed by atoms with Gasteiger partial charge in [-0.3, -0.25) is 4.79 Å². The van der Waals surface area contributed by atoms with Crippen molar-refractivity contribution in [2.24, 2.45) is 0 Å². The number of ether oxygens (including phenoxy) is 1. The van der Waals surface area contributed by atoms with Crippen LogP contribution in [0.3, 0.4) is 0 Å². The van der Waals surface area contributed by atoms with Crippen molar-refractivity contribution in [1.29, 1.82) is 0 Å². The van der Waals surface area contributed by atoms with Crippen LogP contribution in [0, 0.1) is 0 Å². The summed E-state index contributed by atoms with van der Waals surface area (Å²) in [5.41, 5.74) is 1.94. The summed E-state index contributed by atoms with van der Waals surface area (Å²) >= 11 is 5.96. The molecule has 126 valence electrons. The molecular weight excluding hydrogens is 326 g/mol. The highest BCUT2D eigenvalue weighted by atomic mass is 35.5. The lowest BCUT2D eigenvalue weighted by Gasteiger charge is -2.17. The minimum Gasteiger partial charge on any atom is -0.467 e. The molecule has 2 rings (SSSR count). The zero-order valence-electron chi connectivity index (χ0n) is 13.5. The van der Waals surface area contributed by atoms with E-state index in [1.165, 1.54) is 7.11 Å². The molecule has 1 amide bonds. The number of hydrogen-bond donors (Lipinski definition) is 1. The number of benzene rings is 2. The summed E-state index contributed by atoms with van der Waals surface area (Å²) in [6.45, 7) is 0. The molecule has 0 aromatic heterocycles. The van der Waals surface area contributed by atoms with Gasteiger partial charge in [-0.15, -0.1) is 0 Å². The average Bonchev–Trinajstić information content (AvgIpc) is 2.59. The van der Waals surface area contributed by atoms with Crippen molar-refractivity contribution in [2.75, 3.05) is 7.11 Å². The first-order valence-electron chi connectivity index (χ1n) is 7.74. The Hall–Kier alpha value is -2.33. The Kier molecular flexibility index (Phi) is 6.82. The van der Waals surface area contributed by atoms with Crippen molar-refractivity contribution in [3.05, 3.63) is 70.7 Å². The first-order chi connectivity index (χ1) is 11.6. The van der Waals surface area contributed by atoms with Gasteiger partial charge in [-0.2, -0.15) is 0 Å². The first kappa shape index (κ1) is 18.0. The molecule has 2 aromatic rings. The number of rotatable bonds is 7. The third-order valence-electron chi connectivity index (χ3n) is 3.63. The molecule has 0 saturated carbocycles. The molecule has 0 aliphatic rings. The standard InChI is InChI=1S/C19H20ClNO3/c1-24-19(23)17(13-15-8-5-9-16(20)12-15)21-18(22)11-10-14-6-3-2-4-7-14/h2-9,12,17H,10-11,13H2,1H3,(H,21,22)/t17-/m1/s1. The number of methoxy groups -OCH3 is 1. The normalized spacial score (nSPS) is 11.6. The number of nitrogens with one attached hydrogen (secondary N) is 1. The van der Waals surface area contributed by atoms with Gasteiger partial charge in [0.15, 0.2) is 0 Å². The van der Waals surface area contributed by atoms with E-state index in [2.05, 4.69) is 5.32 Å². The third kappa shape index (κ3) is 5.70. The molecule has 0 aliphatic carbocycles. The topological polar surface area (TPSA) is 55.4 Å². The molecule has 0 aliphatic heterocycles. The summed E-state index contributed by atoms with van der Waals surface area (Å²) in [5.74, 6) is -0.653. The van der Waals surface area contributed by atoms with Crippen molar-refractivity contribution < 1.29 is 14.3 Å². The molecule has 1 atom stereocenters. The summed E-state index contributed by atoms with van der Waals surface area (Å²) in [5, 5.41) is 3.34. The molecule has 0 fully saturated rings. The molecule has 0 heterocycles. The van der Waals surface area contributed by atoms with Crippen LogP contribution in [0.5, 0.6) is 0 Å². The number of halogens is 1. The molecule has 0 radical (unpaired) electrons. The van der Waals surface area contributed by atoms with Crippen LogP contribution in [0.25, 0.3) is 0 Å². The van der Waals surface area contributed by atoms with Crippen LogP contribution in [-0.2, 0) is 27.2 Å². The maximum absolute atomic E-state index is 12.2. The van der Waals surface area contributed by atoms with Crippen LogP contribution in [0.4, 0.5) is 0 Å². The van der Waals surface area contributed by atoms with Gasteiger partial charge in [0.1, 0.15) is 6.04 Å². The summed E-state index contributed by atoms with van der Waals surface area (Å²) < 4.78 is 4.79. The highest BCUT2D eigenvalue weighted by molar-refractivity contribution is 6.30. The zero-order chi connectivity index (χ0) is 17.4. The van der Waals surface area contributed by atoms with E-state index in [1.54, 1.807) is 12.1 Å². The monoisotopic (exact) mass is 345 g/mol. The fourth-order valence-electron chi connectivity index (χ4n) is 2.40. The molecule has 0 saturated heterocycles. The molecule has 0 bridgehead atoms. The van der Waals surface area contributed by atoms with Crippen molar-refractivity contribution in [3.8, 4) is 0 Å². The lowest BCUT2D eigenvalue weighted by molar-refractivity contribution is -0.145. The lowest BCUT2D eigenvalue weighted by atomic mass is 10.1. The van der Waals surface area contributed by atoms with E-state index in [9.17, 15) is 9.59 Å². The van der Waals surface area contributed by atoms with Crippen LogP contribution in [0.15, 0.2) is 54.6 Å². The second kappa shape index (κ2) is 9.08. The van der Waals surface area contributed by atoms with Crippen LogP contribution in [0.1, 0.15) is 17.5 Å². The van der Waals surface area contributed by atoms with E-state index < -0.39 is 12.0 Å². The quantitative estimate of drug-likeness (QED) is 0.784. The molecule has 5 heteroatoms. The molecule has 2 aromatic carbocycles. The smallest absolute Gasteiger partial charge is 0.328 e. The molecule has 0 unspecified atom stereocenters. The minimum absolute atomic E-state index is 0.184. The summed E-state index contributed by atoms with van der Waals surface area (Å²) in [7, 11) is 1.31. The highest BCUT2D eigenvalue weighted by Crippen LogP contribution is 2.13. The number of esters is 1. The number of carbonyl (C=O) groups excluding carboxylic acids is 2. The Labute approximate surface area is 146 Å². The van der Waals surface area contributed by atoms with Crippen LogP contribution in [-0.4, -0.2) is 25.0 Å². The van der Waals surface area contributed by atoms with Gasteiger partial charge in [-0.05, 0) is 29.7 Å². The largest absolute Gasteiger partial charge is 0.467 e. The van der Waals surface area contributed by atoms with Gasteiger partial charge < -0.3 is 10.1 Å². The van der Waals surface area contributed by atoms with E-state index in [4.69, 9.17) is 16.3 Å². The summed E-state index contributed by atoms with van der Waals surface area (Å²) in [6, 6.07) is 16.2. The Morgan fingerprint density at radius 1 is 1.08 bits per heavy atom. The summed E-state index contributed by atoms with van der Waals surface area (Å²) in [4.78, 5) is 24.1. The molecule has 4 nitrogen and oxygen atoms in total. The van der Waals surface area contributed by atoms with E-state index in [0.717, 1.165) is 11.1 Å². The fourth-order valence-corrected chi connectivity index (χ4v) is 2.62. The number of carbonyl (C=O) groups is 2. The van der Waals surface area contributed by atoms with Crippen LogP contribution >= 0.6 is 11.6 Å². The number of aryl methyl sites for hydroxylation is 1. The van der Waals surface area contributed by atoms with E-state index in [1.807, 2.05) is 42.5 Å². The fraction of sp³-hybridized carbons (Fsp3) is 0.263. The second-order valence-electron chi connectivity index (χ2n) is 5.46.